The van der Waals surface area contributed by atoms with Gasteiger partial charge in [0, 0.05) is 6.54 Å². The summed E-state index contributed by atoms with van der Waals surface area (Å²) in [6.07, 6.45) is 0.674. The van der Waals surface area contributed by atoms with Gasteiger partial charge in [-0.05, 0) is 25.1 Å². The monoisotopic (exact) mass is 219 g/mol. The fraction of sp³-hybridized carbons (Fsp3) is 0.273. The first kappa shape index (κ1) is 10.6. The van der Waals surface area contributed by atoms with E-state index in [1.54, 1.807) is 6.07 Å². The quantitative estimate of drug-likeness (QED) is 0.715. The number of fused-ring (bicyclic) bond motifs is 1. The summed E-state index contributed by atoms with van der Waals surface area (Å²) in [6, 6.07) is 7.23. The predicted octanol–water partition coefficient (Wildman–Crippen LogP) is 0.0386. The Morgan fingerprint density at radius 1 is 1.25 bits per heavy atom. The zero-order valence-corrected chi connectivity index (χ0v) is 8.77. The first-order chi connectivity index (χ1) is 7.74. The number of rotatable bonds is 3. The summed E-state index contributed by atoms with van der Waals surface area (Å²) >= 11 is 0. The van der Waals surface area contributed by atoms with Crippen LogP contribution in [0, 0.1) is 0 Å². The molecule has 16 heavy (non-hydrogen) atoms. The lowest BCUT2D eigenvalue weighted by Crippen LogP contribution is -2.36. The van der Waals surface area contributed by atoms with Crippen molar-refractivity contribution in [3.05, 3.63) is 45.0 Å². The normalized spacial score (nSPS) is 10.8. The van der Waals surface area contributed by atoms with Crippen LogP contribution < -0.4 is 16.9 Å². The summed E-state index contributed by atoms with van der Waals surface area (Å²) < 4.78 is 1.47. The van der Waals surface area contributed by atoms with Crippen molar-refractivity contribution in [3.8, 4) is 0 Å². The summed E-state index contributed by atoms with van der Waals surface area (Å²) in [5.74, 6) is 0. The average Bonchev–Trinajstić information content (AvgIpc) is 2.30. The van der Waals surface area contributed by atoms with Gasteiger partial charge < -0.3 is 15.3 Å². The maximum absolute atomic E-state index is 11.7. The minimum absolute atomic E-state index is 0.472. The molecule has 0 aliphatic carbocycles. The molecule has 0 fully saturated rings. The van der Waals surface area contributed by atoms with Crippen LogP contribution in [0.1, 0.15) is 6.42 Å². The number of aromatic nitrogens is 2. The molecule has 5 heteroatoms. The average molecular weight is 219 g/mol. The van der Waals surface area contributed by atoms with E-state index in [2.05, 4.69) is 4.98 Å². The highest BCUT2D eigenvalue weighted by molar-refractivity contribution is 5.74. The second-order valence-electron chi connectivity index (χ2n) is 3.57. The van der Waals surface area contributed by atoms with Crippen LogP contribution in [0.2, 0.25) is 0 Å². The molecule has 0 unspecified atom stereocenters. The smallest absolute Gasteiger partial charge is 0.316 e. The van der Waals surface area contributed by atoms with Crippen LogP contribution in [0.25, 0.3) is 11.0 Å². The molecule has 5 nitrogen and oxygen atoms in total. The Morgan fingerprint density at radius 3 is 2.75 bits per heavy atom. The van der Waals surface area contributed by atoms with Gasteiger partial charge in [0.05, 0.1) is 11.0 Å². The molecule has 0 amide bonds. The van der Waals surface area contributed by atoms with Gasteiger partial charge in [0.1, 0.15) is 0 Å². The summed E-state index contributed by atoms with van der Waals surface area (Å²) in [4.78, 5) is 25.6. The molecule has 3 N–H and O–H groups in total. The number of nitrogens with zero attached hydrogens (tertiary/aromatic N) is 1. The molecule has 1 heterocycles. The number of aromatic amines is 1. The Morgan fingerprint density at radius 2 is 2.00 bits per heavy atom. The molecule has 84 valence electrons. The molecule has 2 aromatic rings. The molecular formula is C11H13N3O2. The largest absolute Gasteiger partial charge is 0.330 e. The molecule has 0 aliphatic heterocycles. The van der Waals surface area contributed by atoms with E-state index in [1.807, 2.05) is 18.2 Å². The van der Waals surface area contributed by atoms with Crippen molar-refractivity contribution >= 4 is 11.0 Å². The fourth-order valence-corrected chi connectivity index (χ4v) is 1.69. The van der Waals surface area contributed by atoms with Gasteiger partial charge in [0.2, 0.25) is 0 Å². The third-order valence-corrected chi connectivity index (χ3v) is 2.47. The Hall–Kier alpha value is -1.88. The summed E-state index contributed by atoms with van der Waals surface area (Å²) in [5.41, 5.74) is 5.71. The molecule has 0 saturated heterocycles. The molecule has 1 aromatic heterocycles. The molecule has 0 bridgehead atoms. The van der Waals surface area contributed by atoms with Crippen molar-refractivity contribution in [2.24, 2.45) is 5.73 Å². The highest BCUT2D eigenvalue weighted by Crippen LogP contribution is 2.07. The zero-order valence-electron chi connectivity index (χ0n) is 8.77. The van der Waals surface area contributed by atoms with Crippen LogP contribution in [-0.2, 0) is 6.54 Å². The predicted molar refractivity (Wildman–Crippen MR) is 62.5 cm³/mol. The molecule has 0 spiro atoms. The maximum atomic E-state index is 11.7. The second kappa shape index (κ2) is 4.32. The Balaban J connectivity index is 2.72. The molecule has 1 aromatic carbocycles. The van der Waals surface area contributed by atoms with Gasteiger partial charge in [-0.3, -0.25) is 9.59 Å². The lowest BCUT2D eigenvalue weighted by Gasteiger charge is -2.08. The van der Waals surface area contributed by atoms with Gasteiger partial charge in [-0.2, -0.15) is 0 Å². The van der Waals surface area contributed by atoms with Gasteiger partial charge >= 0.3 is 11.1 Å². The Bertz CT molecular complexity index is 612. The topological polar surface area (TPSA) is 80.9 Å². The van der Waals surface area contributed by atoms with Crippen LogP contribution in [-0.4, -0.2) is 16.1 Å². The number of H-pyrrole nitrogens is 1. The number of benzene rings is 1. The van der Waals surface area contributed by atoms with Crippen molar-refractivity contribution in [2.75, 3.05) is 6.54 Å². The van der Waals surface area contributed by atoms with Crippen LogP contribution in [0.15, 0.2) is 33.9 Å². The number of nitrogens with one attached hydrogen (secondary N) is 1. The van der Waals surface area contributed by atoms with E-state index < -0.39 is 11.1 Å². The first-order valence-electron chi connectivity index (χ1n) is 5.16. The molecule has 0 radical (unpaired) electrons. The Kier molecular flexibility index (Phi) is 2.87. The summed E-state index contributed by atoms with van der Waals surface area (Å²) in [5, 5.41) is 0. The number of nitrogens with two attached hydrogens (primary N) is 1. The van der Waals surface area contributed by atoms with Crippen molar-refractivity contribution in [1.29, 1.82) is 0 Å². The van der Waals surface area contributed by atoms with E-state index in [0.717, 1.165) is 5.52 Å². The van der Waals surface area contributed by atoms with E-state index in [-0.39, 0.29) is 0 Å². The molecule has 0 atom stereocenters. The number of hydrogen-bond acceptors (Lipinski definition) is 3. The lowest BCUT2D eigenvalue weighted by molar-refractivity contribution is 0.643. The zero-order chi connectivity index (χ0) is 11.5. The minimum atomic E-state index is -0.587. The van der Waals surface area contributed by atoms with Crippen molar-refractivity contribution in [1.82, 2.24) is 9.55 Å². The highest BCUT2D eigenvalue weighted by atomic mass is 16.2. The van der Waals surface area contributed by atoms with Crippen LogP contribution in [0.4, 0.5) is 0 Å². The highest BCUT2D eigenvalue weighted by Gasteiger charge is 2.05. The molecule has 0 saturated carbocycles. The lowest BCUT2D eigenvalue weighted by atomic mass is 10.3. The number of para-hydroxylation sites is 2. The van der Waals surface area contributed by atoms with E-state index in [9.17, 15) is 9.59 Å². The van der Waals surface area contributed by atoms with E-state index >= 15 is 0 Å². The second-order valence-corrected chi connectivity index (χ2v) is 3.57. The van der Waals surface area contributed by atoms with Crippen LogP contribution in [0.3, 0.4) is 0 Å². The number of aryl methyl sites for hydroxylation is 1. The first-order valence-corrected chi connectivity index (χ1v) is 5.16. The van der Waals surface area contributed by atoms with E-state index in [4.69, 9.17) is 5.73 Å². The third kappa shape index (κ3) is 1.77. The van der Waals surface area contributed by atoms with Gasteiger partial charge in [0.15, 0.2) is 0 Å². The van der Waals surface area contributed by atoms with Crippen molar-refractivity contribution in [3.63, 3.8) is 0 Å². The third-order valence-electron chi connectivity index (χ3n) is 2.47. The minimum Gasteiger partial charge on any atom is -0.330 e. The fourth-order valence-electron chi connectivity index (χ4n) is 1.69. The van der Waals surface area contributed by atoms with E-state index in [0.29, 0.717) is 25.0 Å². The van der Waals surface area contributed by atoms with Crippen LogP contribution in [0.5, 0.6) is 0 Å². The van der Waals surface area contributed by atoms with Crippen molar-refractivity contribution in [2.45, 2.75) is 13.0 Å². The van der Waals surface area contributed by atoms with Crippen molar-refractivity contribution < 1.29 is 0 Å². The van der Waals surface area contributed by atoms with E-state index in [1.165, 1.54) is 4.57 Å². The van der Waals surface area contributed by atoms with Gasteiger partial charge in [0.25, 0.3) is 0 Å². The molecule has 0 aliphatic rings. The SMILES string of the molecule is NCCCn1c(=O)c(=O)[nH]c2ccccc21. The van der Waals surface area contributed by atoms with Gasteiger partial charge in [-0.1, -0.05) is 12.1 Å². The number of hydrogen-bond donors (Lipinski definition) is 2. The molecular weight excluding hydrogens is 206 g/mol. The van der Waals surface area contributed by atoms with Crippen LogP contribution >= 0.6 is 0 Å². The van der Waals surface area contributed by atoms with Gasteiger partial charge in [-0.25, -0.2) is 0 Å². The molecule has 2 rings (SSSR count). The maximum Gasteiger partial charge on any atom is 0.316 e. The Labute approximate surface area is 91.5 Å². The standard InChI is InChI=1S/C11H13N3O2/c12-6-3-7-14-9-5-2-1-4-8(9)13-10(15)11(14)16/h1-2,4-5H,3,6-7,12H2,(H,13,15). The summed E-state index contributed by atoms with van der Waals surface area (Å²) in [6.45, 7) is 0.966. The summed E-state index contributed by atoms with van der Waals surface area (Å²) in [7, 11) is 0. The van der Waals surface area contributed by atoms with Gasteiger partial charge in [-0.15, -0.1) is 0 Å².